The van der Waals surface area contributed by atoms with E-state index >= 15 is 0 Å². The van der Waals surface area contributed by atoms with Crippen molar-refractivity contribution in [2.24, 2.45) is 0 Å². The second-order valence-corrected chi connectivity index (χ2v) is 6.71. The molecule has 0 atom stereocenters. The smallest absolute Gasteiger partial charge is 0.0701 e. The van der Waals surface area contributed by atoms with Crippen molar-refractivity contribution >= 4 is 39.2 Å². The van der Waals surface area contributed by atoms with E-state index in [1.807, 2.05) is 6.07 Å². The van der Waals surface area contributed by atoms with Crippen molar-refractivity contribution in [1.29, 1.82) is 0 Å². The number of nitrogens with one attached hydrogen (secondary N) is 1. The Labute approximate surface area is 113 Å². The summed E-state index contributed by atoms with van der Waals surface area (Å²) in [7, 11) is 0. The maximum absolute atomic E-state index is 3.46. The van der Waals surface area contributed by atoms with E-state index in [0.29, 0.717) is 0 Å². The molecule has 0 radical (unpaired) electrons. The third-order valence-electron chi connectivity index (χ3n) is 2.06. The van der Waals surface area contributed by atoms with E-state index in [1.54, 1.807) is 23.3 Å². The Bertz CT molecular complexity index is 428. The van der Waals surface area contributed by atoms with Gasteiger partial charge in [-0.3, -0.25) is 4.72 Å². The monoisotopic (exact) mass is 313 g/mol. The molecule has 0 amide bonds. The Hall–Kier alpha value is -0.290. The average molecular weight is 314 g/mol. The van der Waals surface area contributed by atoms with Gasteiger partial charge in [-0.25, -0.2) is 0 Å². The minimum atomic E-state index is 0.924. The van der Waals surface area contributed by atoms with Gasteiger partial charge in [0, 0.05) is 17.2 Å². The molecule has 0 unspecified atom stereocenters. The first-order valence-electron chi connectivity index (χ1n) is 4.97. The number of benzene rings is 1. The van der Waals surface area contributed by atoms with E-state index in [4.69, 9.17) is 0 Å². The minimum absolute atomic E-state index is 0.924. The molecule has 0 fully saturated rings. The summed E-state index contributed by atoms with van der Waals surface area (Å²) in [5, 5.41) is 0. The molecule has 1 nitrogen and oxygen atoms in total. The van der Waals surface area contributed by atoms with Crippen LogP contribution in [-0.2, 0) is 12.3 Å². The number of hydrogen-bond donors (Lipinski definition) is 1. The van der Waals surface area contributed by atoms with Crippen LogP contribution in [0.1, 0.15) is 10.4 Å². The third-order valence-corrected chi connectivity index (χ3v) is 4.51. The second-order valence-electron chi connectivity index (χ2n) is 3.30. The number of hydrogen-bond acceptors (Lipinski definition) is 3. The standard InChI is InChI=1S/C12H12BrNS2/c13-12-7-6-11(16-12)8-14-15-9-10-4-2-1-3-5-10/h1-7,14H,8-9H2. The van der Waals surface area contributed by atoms with E-state index in [2.05, 4.69) is 57.1 Å². The van der Waals surface area contributed by atoms with Gasteiger partial charge in [0.25, 0.3) is 0 Å². The molecule has 0 saturated carbocycles. The van der Waals surface area contributed by atoms with Gasteiger partial charge in [0.05, 0.1) is 3.79 Å². The van der Waals surface area contributed by atoms with Gasteiger partial charge in [0.15, 0.2) is 0 Å². The highest BCUT2D eigenvalue weighted by Crippen LogP contribution is 2.22. The van der Waals surface area contributed by atoms with Gasteiger partial charge in [-0.1, -0.05) is 42.3 Å². The number of rotatable bonds is 5. The Balaban J connectivity index is 1.69. The van der Waals surface area contributed by atoms with Crippen LogP contribution in [0.15, 0.2) is 46.3 Å². The molecule has 0 bridgehead atoms. The van der Waals surface area contributed by atoms with Crippen LogP contribution >= 0.6 is 39.2 Å². The fraction of sp³-hybridized carbons (Fsp3) is 0.167. The van der Waals surface area contributed by atoms with Crippen LogP contribution in [-0.4, -0.2) is 0 Å². The summed E-state index contributed by atoms with van der Waals surface area (Å²) in [6, 6.07) is 14.7. The predicted octanol–water partition coefficient (Wildman–Crippen LogP) is 4.45. The van der Waals surface area contributed by atoms with Crippen molar-refractivity contribution in [3.8, 4) is 0 Å². The van der Waals surface area contributed by atoms with Gasteiger partial charge in [0.2, 0.25) is 0 Å². The van der Waals surface area contributed by atoms with Crippen LogP contribution in [0.4, 0.5) is 0 Å². The van der Waals surface area contributed by atoms with Crippen molar-refractivity contribution in [2.45, 2.75) is 12.3 Å². The summed E-state index contributed by atoms with van der Waals surface area (Å²) < 4.78 is 4.56. The van der Waals surface area contributed by atoms with E-state index in [0.717, 1.165) is 12.3 Å². The first-order chi connectivity index (χ1) is 7.84. The van der Waals surface area contributed by atoms with Gasteiger partial charge in [0.1, 0.15) is 0 Å². The predicted molar refractivity (Wildman–Crippen MR) is 76.6 cm³/mol. The molecule has 1 N–H and O–H groups in total. The Morgan fingerprint density at radius 1 is 1.12 bits per heavy atom. The molecule has 1 aromatic heterocycles. The van der Waals surface area contributed by atoms with Crippen molar-refractivity contribution in [3.63, 3.8) is 0 Å². The zero-order valence-corrected chi connectivity index (χ0v) is 11.9. The molecule has 2 rings (SSSR count). The van der Waals surface area contributed by atoms with Crippen LogP contribution in [0, 0.1) is 0 Å². The summed E-state index contributed by atoms with van der Waals surface area (Å²) in [6.07, 6.45) is 0. The highest BCUT2D eigenvalue weighted by molar-refractivity contribution is 9.11. The summed E-state index contributed by atoms with van der Waals surface area (Å²) in [6.45, 7) is 0.924. The number of halogens is 1. The van der Waals surface area contributed by atoms with Gasteiger partial charge in [-0.15, -0.1) is 11.3 Å². The SMILES string of the molecule is Brc1ccc(CNSCc2ccccc2)s1. The first kappa shape index (κ1) is 12.2. The largest absolute Gasteiger partial charge is 0.259 e. The highest BCUT2D eigenvalue weighted by atomic mass is 79.9. The molecule has 4 heteroatoms. The average Bonchev–Trinajstić information content (AvgIpc) is 2.72. The maximum atomic E-state index is 3.46. The third kappa shape index (κ3) is 3.94. The molecule has 1 heterocycles. The van der Waals surface area contributed by atoms with Crippen LogP contribution in [0.5, 0.6) is 0 Å². The normalized spacial score (nSPS) is 10.6. The van der Waals surface area contributed by atoms with Gasteiger partial charge >= 0.3 is 0 Å². The van der Waals surface area contributed by atoms with E-state index in [1.165, 1.54) is 14.2 Å². The molecule has 0 spiro atoms. The summed E-state index contributed by atoms with van der Waals surface area (Å²) in [5.74, 6) is 1.01. The van der Waals surface area contributed by atoms with E-state index in [-0.39, 0.29) is 0 Å². The molecular formula is C12H12BrNS2. The van der Waals surface area contributed by atoms with Gasteiger partial charge in [-0.05, 0) is 33.6 Å². The van der Waals surface area contributed by atoms with Gasteiger partial charge < -0.3 is 0 Å². The lowest BCUT2D eigenvalue weighted by atomic mass is 10.2. The molecule has 0 aliphatic rings. The Morgan fingerprint density at radius 3 is 2.62 bits per heavy atom. The lowest BCUT2D eigenvalue weighted by Crippen LogP contribution is -2.01. The van der Waals surface area contributed by atoms with Gasteiger partial charge in [-0.2, -0.15) is 0 Å². The lowest BCUT2D eigenvalue weighted by molar-refractivity contribution is 0.999. The minimum Gasteiger partial charge on any atom is -0.259 e. The van der Waals surface area contributed by atoms with Crippen molar-refractivity contribution in [2.75, 3.05) is 0 Å². The topological polar surface area (TPSA) is 12.0 Å². The van der Waals surface area contributed by atoms with Crippen LogP contribution < -0.4 is 4.72 Å². The van der Waals surface area contributed by atoms with E-state index in [9.17, 15) is 0 Å². The quantitative estimate of drug-likeness (QED) is 0.646. The van der Waals surface area contributed by atoms with Crippen LogP contribution in [0.25, 0.3) is 0 Å². The lowest BCUT2D eigenvalue weighted by Gasteiger charge is -2.02. The maximum Gasteiger partial charge on any atom is 0.0701 e. The highest BCUT2D eigenvalue weighted by Gasteiger charge is 1.97. The summed E-state index contributed by atoms with van der Waals surface area (Å²) in [4.78, 5) is 1.35. The fourth-order valence-electron chi connectivity index (χ4n) is 1.28. The van der Waals surface area contributed by atoms with Crippen molar-refractivity contribution in [3.05, 3.63) is 56.7 Å². The fourth-order valence-corrected chi connectivity index (χ4v) is 3.51. The van der Waals surface area contributed by atoms with E-state index < -0.39 is 0 Å². The molecule has 2 aromatic rings. The van der Waals surface area contributed by atoms with Crippen LogP contribution in [0.3, 0.4) is 0 Å². The Morgan fingerprint density at radius 2 is 1.94 bits per heavy atom. The molecule has 0 aliphatic heterocycles. The summed E-state index contributed by atoms with van der Waals surface area (Å²) >= 11 is 6.99. The number of thiophene rings is 1. The molecule has 0 aliphatic carbocycles. The molecular weight excluding hydrogens is 302 g/mol. The Kier molecular flexibility index (Phi) is 4.91. The zero-order chi connectivity index (χ0) is 11.2. The summed E-state index contributed by atoms with van der Waals surface area (Å²) in [5.41, 5.74) is 1.35. The molecule has 84 valence electrons. The zero-order valence-electron chi connectivity index (χ0n) is 8.65. The van der Waals surface area contributed by atoms with Crippen molar-refractivity contribution < 1.29 is 0 Å². The molecule has 1 aromatic carbocycles. The second kappa shape index (κ2) is 6.45. The van der Waals surface area contributed by atoms with Crippen molar-refractivity contribution in [1.82, 2.24) is 4.72 Å². The first-order valence-corrected chi connectivity index (χ1v) is 7.57. The molecule has 16 heavy (non-hydrogen) atoms. The van der Waals surface area contributed by atoms with Crippen LogP contribution in [0.2, 0.25) is 0 Å². The molecule has 0 saturated heterocycles.